The van der Waals surface area contributed by atoms with Crippen LogP contribution >= 0.6 is 0 Å². The van der Waals surface area contributed by atoms with E-state index in [0.717, 1.165) is 11.3 Å². The highest BCUT2D eigenvalue weighted by molar-refractivity contribution is 7.89. The van der Waals surface area contributed by atoms with Gasteiger partial charge in [-0.3, -0.25) is 5.10 Å². The molecule has 21 heavy (non-hydrogen) atoms. The molecule has 0 saturated carbocycles. The van der Waals surface area contributed by atoms with Gasteiger partial charge in [0, 0.05) is 13.6 Å². The number of sulfonamides is 1. The largest absolute Gasteiger partial charge is 0.492 e. The third kappa shape index (κ3) is 3.34. The van der Waals surface area contributed by atoms with Crippen LogP contribution in [0.2, 0.25) is 0 Å². The normalized spacial score (nSPS) is 11.8. The highest BCUT2D eigenvalue weighted by Crippen LogP contribution is 2.19. The first kappa shape index (κ1) is 15.3. The number of aromatic nitrogens is 2. The summed E-state index contributed by atoms with van der Waals surface area (Å²) in [6, 6.07) is 7.56. The smallest absolute Gasteiger partial charge is 0.248 e. The Hall–Kier alpha value is -2.06. The van der Waals surface area contributed by atoms with Gasteiger partial charge in [0.05, 0.1) is 6.20 Å². The molecular weight excluding hydrogens is 292 g/mol. The summed E-state index contributed by atoms with van der Waals surface area (Å²) in [4.78, 5) is -0.0270. The van der Waals surface area contributed by atoms with Gasteiger partial charge in [-0.15, -0.1) is 0 Å². The van der Waals surface area contributed by atoms with Crippen molar-refractivity contribution < 1.29 is 13.2 Å². The molecule has 7 nitrogen and oxygen atoms in total. The topological polar surface area (TPSA) is 101 Å². The van der Waals surface area contributed by atoms with Crippen molar-refractivity contribution in [2.75, 3.05) is 25.9 Å². The molecule has 0 aliphatic heterocycles. The Labute approximate surface area is 123 Å². The van der Waals surface area contributed by atoms with Crippen molar-refractivity contribution in [1.82, 2.24) is 14.5 Å². The van der Waals surface area contributed by atoms with Gasteiger partial charge in [0.15, 0.2) is 0 Å². The minimum Gasteiger partial charge on any atom is -0.492 e. The van der Waals surface area contributed by atoms with E-state index in [1.165, 1.54) is 17.5 Å². The lowest BCUT2D eigenvalue weighted by Crippen LogP contribution is -2.31. The van der Waals surface area contributed by atoms with Crippen LogP contribution in [-0.2, 0) is 10.0 Å². The van der Waals surface area contributed by atoms with Gasteiger partial charge >= 0.3 is 0 Å². The Kier molecular flexibility index (Phi) is 4.49. The Morgan fingerprint density at radius 2 is 2.10 bits per heavy atom. The van der Waals surface area contributed by atoms with Gasteiger partial charge < -0.3 is 10.5 Å². The molecule has 0 radical (unpaired) electrons. The van der Waals surface area contributed by atoms with E-state index in [0.29, 0.717) is 0 Å². The molecular formula is C13H18N4O3S. The SMILES string of the molecule is Cc1ccccc1OCCN(C)S(=O)(=O)c1cn[nH]c1N. The fourth-order valence-electron chi connectivity index (χ4n) is 1.78. The average Bonchev–Trinajstić information content (AvgIpc) is 2.87. The number of aryl methyl sites for hydroxylation is 1. The quantitative estimate of drug-likeness (QED) is 0.829. The summed E-state index contributed by atoms with van der Waals surface area (Å²) in [5.41, 5.74) is 6.55. The Morgan fingerprint density at radius 3 is 2.71 bits per heavy atom. The number of likely N-dealkylation sites (N-methyl/N-ethyl adjacent to an activating group) is 1. The zero-order valence-electron chi connectivity index (χ0n) is 11.9. The van der Waals surface area contributed by atoms with E-state index in [1.807, 2.05) is 31.2 Å². The van der Waals surface area contributed by atoms with Crippen LogP contribution in [0.25, 0.3) is 0 Å². The Balaban J connectivity index is 1.98. The van der Waals surface area contributed by atoms with Crippen molar-refractivity contribution in [3.63, 3.8) is 0 Å². The molecule has 1 heterocycles. The number of nitrogens with two attached hydrogens (primary N) is 1. The number of nitrogens with zero attached hydrogens (tertiary/aromatic N) is 2. The molecule has 114 valence electrons. The van der Waals surface area contributed by atoms with Crippen molar-refractivity contribution in [2.45, 2.75) is 11.8 Å². The van der Waals surface area contributed by atoms with Gasteiger partial charge in [-0.2, -0.15) is 9.40 Å². The summed E-state index contributed by atoms with van der Waals surface area (Å²) in [7, 11) is -2.18. The van der Waals surface area contributed by atoms with E-state index in [2.05, 4.69) is 10.2 Å². The molecule has 0 unspecified atom stereocenters. The molecule has 2 rings (SSSR count). The van der Waals surface area contributed by atoms with Crippen LogP contribution in [0.5, 0.6) is 5.75 Å². The molecule has 0 amide bonds. The molecule has 0 bridgehead atoms. The van der Waals surface area contributed by atoms with Gasteiger partial charge in [0.2, 0.25) is 10.0 Å². The lowest BCUT2D eigenvalue weighted by Gasteiger charge is -2.17. The molecule has 1 aromatic heterocycles. The highest BCUT2D eigenvalue weighted by Gasteiger charge is 2.24. The zero-order valence-corrected chi connectivity index (χ0v) is 12.7. The summed E-state index contributed by atoms with van der Waals surface area (Å²) in [5.74, 6) is 0.771. The lowest BCUT2D eigenvalue weighted by molar-refractivity contribution is 0.285. The fourth-order valence-corrected chi connectivity index (χ4v) is 2.94. The minimum absolute atomic E-state index is 0.0270. The number of aromatic amines is 1. The Morgan fingerprint density at radius 1 is 1.38 bits per heavy atom. The predicted molar refractivity (Wildman–Crippen MR) is 79.5 cm³/mol. The van der Waals surface area contributed by atoms with E-state index in [-0.39, 0.29) is 23.9 Å². The lowest BCUT2D eigenvalue weighted by atomic mass is 10.2. The first-order valence-corrected chi connectivity index (χ1v) is 7.80. The maximum atomic E-state index is 12.3. The highest BCUT2D eigenvalue weighted by atomic mass is 32.2. The van der Waals surface area contributed by atoms with Crippen LogP contribution in [0.3, 0.4) is 0 Å². The molecule has 1 aromatic carbocycles. The van der Waals surface area contributed by atoms with Crippen LogP contribution in [-0.4, -0.2) is 43.1 Å². The second kappa shape index (κ2) is 6.15. The molecule has 8 heteroatoms. The number of nitrogens with one attached hydrogen (secondary N) is 1. The van der Waals surface area contributed by atoms with Gasteiger partial charge in [0.25, 0.3) is 0 Å². The summed E-state index contributed by atoms with van der Waals surface area (Å²) in [5, 5.41) is 6.03. The van der Waals surface area contributed by atoms with Gasteiger partial charge in [-0.1, -0.05) is 18.2 Å². The van der Waals surface area contributed by atoms with Gasteiger partial charge in [0.1, 0.15) is 23.1 Å². The van der Waals surface area contributed by atoms with Crippen molar-refractivity contribution in [3.8, 4) is 5.75 Å². The minimum atomic E-state index is -3.66. The number of hydrogen-bond donors (Lipinski definition) is 2. The van der Waals surface area contributed by atoms with Crippen LogP contribution in [0, 0.1) is 6.92 Å². The summed E-state index contributed by atoms with van der Waals surface area (Å²) >= 11 is 0. The average molecular weight is 310 g/mol. The number of anilines is 1. The van der Waals surface area contributed by atoms with Gasteiger partial charge in [-0.25, -0.2) is 8.42 Å². The van der Waals surface area contributed by atoms with Crippen LogP contribution in [0.1, 0.15) is 5.56 Å². The summed E-state index contributed by atoms with van der Waals surface area (Å²) in [6.45, 7) is 2.39. The molecule has 2 aromatic rings. The second-order valence-corrected chi connectivity index (χ2v) is 6.60. The molecule has 0 saturated heterocycles. The molecule has 0 aliphatic rings. The van der Waals surface area contributed by atoms with E-state index in [9.17, 15) is 8.42 Å². The second-order valence-electron chi connectivity index (χ2n) is 4.59. The summed E-state index contributed by atoms with van der Waals surface area (Å²) < 4.78 is 31.3. The van der Waals surface area contributed by atoms with Gasteiger partial charge in [-0.05, 0) is 18.6 Å². The molecule has 0 spiro atoms. The third-order valence-electron chi connectivity index (χ3n) is 3.08. The van der Waals surface area contributed by atoms with Crippen LogP contribution < -0.4 is 10.5 Å². The monoisotopic (exact) mass is 310 g/mol. The maximum absolute atomic E-state index is 12.3. The number of rotatable bonds is 6. The molecule has 0 atom stereocenters. The molecule has 0 aliphatic carbocycles. The predicted octanol–water partition coefficient (Wildman–Crippen LogP) is 1.000. The zero-order chi connectivity index (χ0) is 15.5. The van der Waals surface area contributed by atoms with E-state index >= 15 is 0 Å². The number of nitrogen functional groups attached to an aromatic ring is 1. The number of hydrogen-bond acceptors (Lipinski definition) is 5. The van der Waals surface area contributed by atoms with E-state index in [4.69, 9.17) is 10.5 Å². The first-order chi connectivity index (χ1) is 9.93. The van der Waals surface area contributed by atoms with Crippen molar-refractivity contribution in [2.24, 2.45) is 0 Å². The van der Waals surface area contributed by atoms with E-state index < -0.39 is 10.0 Å². The summed E-state index contributed by atoms with van der Waals surface area (Å²) in [6.07, 6.45) is 1.20. The maximum Gasteiger partial charge on any atom is 0.248 e. The van der Waals surface area contributed by atoms with Crippen molar-refractivity contribution >= 4 is 15.8 Å². The van der Waals surface area contributed by atoms with Crippen LogP contribution in [0.15, 0.2) is 35.4 Å². The number of ether oxygens (including phenoxy) is 1. The standard InChI is InChI=1S/C13H18N4O3S/c1-10-5-3-4-6-11(10)20-8-7-17(2)21(18,19)12-9-15-16-13(12)14/h3-6,9H,7-8H2,1-2H3,(H3,14,15,16). The first-order valence-electron chi connectivity index (χ1n) is 6.36. The van der Waals surface area contributed by atoms with Crippen molar-refractivity contribution in [1.29, 1.82) is 0 Å². The fraction of sp³-hybridized carbons (Fsp3) is 0.308. The molecule has 3 N–H and O–H groups in total. The van der Waals surface area contributed by atoms with Crippen molar-refractivity contribution in [3.05, 3.63) is 36.0 Å². The number of benzene rings is 1. The Bertz CT molecular complexity index is 712. The molecule has 0 fully saturated rings. The van der Waals surface area contributed by atoms with Crippen LogP contribution in [0.4, 0.5) is 5.82 Å². The van der Waals surface area contributed by atoms with E-state index in [1.54, 1.807) is 0 Å². The number of para-hydroxylation sites is 1. The number of H-pyrrole nitrogens is 1. The third-order valence-corrected chi connectivity index (χ3v) is 4.96.